The van der Waals surface area contributed by atoms with E-state index in [4.69, 9.17) is 0 Å². The van der Waals surface area contributed by atoms with Crippen LogP contribution in [0.15, 0.2) is 42.2 Å². The SMILES string of the molecule is CC1CC2CN(c3ccncc3F)CCN2C1=O.CNC.Cc1cccc2ncsc12.[HH]. The third kappa shape index (κ3) is 5.37. The molecule has 2 aliphatic heterocycles. The van der Waals surface area contributed by atoms with Gasteiger partial charge in [-0.05, 0) is 45.1 Å². The van der Waals surface area contributed by atoms with Crippen molar-refractivity contribution in [1.29, 1.82) is 0 Å². The van der Waals surface area contributed by atoms with Gasteiger partial charge in [-0.25, -0.2) is 9.37 Å². The molecule has 2 unspecified atom stereocenters. The van der Waals surface area contributed by atoms with Crippen molar-refractivity contribution in [2.75, 3.05) is 38.6 Å². The van der Waals surface area contributed by atoms with E-state index in [1.807, 2.05) is 48.5 Å². The number of nitrogens with one attached hydrogen (secondary N) is 1. The zero-order valence-electron chi connectivity index (χ0n) is 18.5. The first kappa shape index (κ1) is 23.1. The van der Waals surface area contributed by atoms with Crippen molar-refractivity contribution in [2.24, 2.45) is 5.92 Å². The van der Waals surface area contributed by atoms with Gasteiger partial charge in [0.05, 0.1) is 27.6 Å². The molecule has 0 bridgehead atoms. The zero-order chi connectivity index (χ0) is 22.4. The third-order valence-corrected chi connectivity index (χ3v) is 6.44. The van der Waals surface area contributed by atoms with Gasteiger partial charge in [-0.3, -0.25) is 9.78 Å². The first-order valence-electron chi connectivity index (χ1n) is 10.5. The minimum Gasteiger partial charge on any atom is -0.365 e. The second kappa shape index (κ2) is 10.6. The van der Waals surface area contributed by atoms with Crippen molar-refractivity contribution in [1.82, 2.24) is 20.2 Å². The summed E-state index contributed by atoms with van der Waals surface area (Å²) in [5, 5.41) is 2.75. The van der Waals surface area contributed by atoms with E-state index in [0.717, 1.165) is 18.5 Å². The van der Waals surface area contributed by atoms with Gasteiger partial charge in [-0.2, -0.15) is 0 Å². The quantitative estimate of drug-likeness (QED) is 0.614. The van der Waals surface area contributed by atoms with E-state index in [0.29, 0.717) is 18.8 Å². The van der Waals surface area contributed by atoms with Crippen molar-refractivity contribution in [3.63, 3.8) is 0 Å². The molecule has 5 rings (SSSR count). The summed E-state index contributed by atoms with van der Waals surface area (Å²) in [6.45, 7) is 6.18. The average molecular weight is 446 g/mol. The van der Waals surface area contributed by atoms with Crippen LogP contribution in [0.2, 0.25) is 0 Å². The second-order valence-corrected chi connectivity index (χ2v) is 8.73. The number of carbonyl (C=O) groups is 1. The number of hydrogen-bond acceptors (Lipinski definition) is 6. The molecule has 0 radical (unpaired) electrons. The molecule has 4 heterocycles. The predicted octanol–water partition coefficient (Wildman–Crippen LogP) is 3.96. The zero-order valence-corrected chi connectivity index (χ0v) is 19.3. The van der Waals surface area contributed by atoms with E-state index >= 15 is 0 Å². The number of aryl methyl sites for hydroxylation is 1. The Morgan fingerprint density at radius 2 is 2.03 bits per heavy atom. The summed E-state index contributed by atoms with van der Waals surface area (Å²) >= 11 is 1.70. The summed E-state index contributed by atoms with van der Waals surface area (Å²) < 4.78 is 15.0. The predicted molar refractivity (Wildman–Crippen MR) is 127 cm³/mol. The van der Waals surface area contributed by atoms with Crippen molar-refractivity contribution in [2.45, 2.75) is 26.3 Å². The van der Waals surface area contributed by atoms with E-state index in [-0.39, 0.29) is 25.1 Å². The normalized spacial score (nSPS) is 20.0. The Labute approximate surface area is 188 Å². The van der Waals surface area contributed by atoms with E-state index in [1.165, 1.54) is 16.5 Å². The van der Waals surface area contributed by atoms with Gasteiger partial charge in [-0.15, -0.1) is 11.3 Å². The first-order chi connectivity index (χ1) is 15.0. The van der Waals surface area contributed by atoms with Gasteiger partial charge in [0.15, 0.2) is 5.82 Å². The second-order valence-electron chi connectivity index (χ2n) is 7.87. The van der Waals surface area contributed by atoms with Gasteiger partial charge in [0, 0.05) is 39.2 Å². The van der Waals surface area contributed by atoms with Crippen molar-refractivity contribution in [3.05, 3.63) is 53.6 Å². The summed E-state index contributed by atoms with van der Waals surface area (Å²) in [6.07, 6.45) is 3.72. The van der Waals surface area contributed by atoms with Crippen LogP contribution in [0.25, 0.3) is 10.2 Å². The number of aromatic nitrogens is 2. The molecule has 8 heteroatoms. The molecule has 1 amide bonds. The van der Waals surface area contributed by atoms with Crippen molar-refractivity contribution in [3.8, 4) is 0 Å². The summed E-state index contributed by atoms with van der Waals surface area (Å²) in [5.41, 5.74) is 4.92. The molecule has 1 aromatic carbocycles. The summed E-state index contributed by atoms with van der Waals surface area (Å²) in [4.78, 5) is 23.8. The van der Waals surface area contributed by atoms with Gasteiger partial charge in [0.2, 0.25) is 5.91 Å². The van der Waals surface area contributed by atoms with Gasteiger partial charge in [0.25, 0.3) is 0 Å². The fourth-order valence-corrected chi connectivity index (χ4v) is 4.78. The van der Waals surface area contributed by atoms with Crippen molar-refractivity contribution < 1.29 is 10.6 Å². The average Bonchev–Trinajstić information content (AvgIpc) is 3.35. The van der Waals surface area contributed by atoms with Crippen molar-refractivity contribution >= 4 is 33.1 Å². The van der Waals surface area contributed by atoms with Crippen LogP contribution in [0.5, 0.6) is 0 Å². The molecule has 1 N–H and O–H groups in total. The minimum atomic E-state index is -0.289. The number of nitrogens with zero attached hydrogens (tertiary/aromatic N) is 4. The van der Waals surface area contributed by atoms with Crippen LogP contribution in [-0.2, 0) is 4.79 Å². The first-order valence-corrected chi connectivity index (χ1v) is 11.4. The maximum Gasteiger partial charge on any atom is 0.225 e. The lowest BCUT2D eigenvalue weighted by Gasteiger charge is -2.38. The van der Waals surface area contributed by atoms with Gasteiger partial charge >= 0.3 is 0 Å². The Hall–Kier alpha value is -2.58. The molecule has 168 valence electrons. The maximum absolute atomic E-state index is 13.7. The highest BCUT2D eigenvalue weighted by molar-refractivity contribution is 7.16. The standard InChI is InChI=1S/C13H16FN3O.C8H7NS.C2H7N.H2/c1-9-6-10-8-16(4-5-17(10)13(9)18)12-2-3-15-7-11(12)14;1-6-3-2-4-7-8(6)10-5-9-7;1-3-2;/h2-3,7,9-10H,4-6,8H2,1H3;2-5H,1H3;3H,1-2H3;1H. The number of halogens is 1. The highest BCUT2D eigenvalue weighted by Crippen LogP contribution is 2.30. The number of amides is 1. The number of hydrogen-bond donors (Lipinski definition) is 1. The van der Waals surface area contributed by atoms with Gasteiger partial charge < -0.3 is 15.1 Å². The molecular formula is C23H32FN5OS. The Balaban J connectivity index is 0.000000220. The van der Waals surface area contributed by atoms with Gasteiger partial charge in [0.1, 0.15) is 0 Å². The molecule has 0 saturated carbocycles. The molecule has 0 spiro atoms. The van der Waals surface area contributed by atoms with Crippen LogP contribution in [0.1, 0.15) is 20.3 Å². The smallest absolute Gasteiger partial charge is 0.225 e. The van der Waals surface area contributed by atoms with E-state index in [9.17, 15) is 9.18 Å². The van der Waals surface area contributed by atoms with Crippen LogP contribution in [0.4, 0.5) is 10.1 Å². The van der Waals surface area contributed by atoms with E-state index < -0.39 is 0 Å². The summed E-state index contributed by atoms with van der Waals surface area (Å²) in [6, 6.07) is 8.12. The number of benzene rings is 1. The number of piperazine rings is 1. The lowest BCUT2D eigenvalue weighted by molar-refractivity contribution is -0.131. The largest absolute Gasteiger partial charge is 0.365 e. The molecule has 2 atom stereocenters. The van der Waals surface area contributed by atoms with Crippen LogP contribution in [0.3, 0.4) is 0 Å². The molecule has 2 fully saturated rings. The van der Waals surface area contributed by atoms with Crippen LogP contribution in [-0.4, -0.2) is 60.5 Å². The Morgan fingerprint density at radius 1 is 1.26 bits per heavy atom. The summed E-state index contributed by atoms with van der Waals surface area (Å²) in [5.74, 6) is 0.0652. The lowest BCUT2D eigenvalue weighted by Crippen LogP contribution is -2.51. The number of carbonyl (C=O) groups excluding carboxylic acids is 1. The van der Waals surface area contributed by atoms with Crippen LogP contribution >= 0.6 is 11.3 Å². The van der Waals surface area contributed by atoms with E-state index in [1.54, 1.807) is 23.6 Å². The molecule has 2 aliphatic rings. The molecule has 2 saturated heterocycles. The minimum absolute atomic E-state index is 0. The summed E-state index contributed by atoms with van der Waals surface area (Å²) in [7, 11) is 3.75. The number of fused-ring (bicyclic) bond motifs is 2. The lowest BCUT2D eigenvalue weighted by atomic mass is 10.1. The fraction of sp³-hybridized carbons (Fsp3) is 0.435. The number of anilines is 1. The molecule has 31 heavy (non-hydrogen) atoms. The molecule has 2 aromatic heterocycles. The van der Waals surface area contributed by atoms with Gasteiger partial charge in [-0.1, -0.05) is 19.1 Å². The van der Waals surface area contributed by atoms with E-state index in [2.05, 4.69) is 28.3 Å². The molecule has 3 aromatic rings. The number of pyridine rings is 1. The molecule has 0 aliphatic carbocycles. The van der Waals surface area contributed by atoms with Crippen LogP contribution in [0, 0.1) is 18.7 Å². The monoisotopic (exact) mass is 445 g/mol. The Morgan fingerprint density at radius 3 is 2.74 bits per heavy atom. The van der Waals surface area contributed by atoms with Crippen LogP contribution < -0.4 is 10.2 Å². The highest BCUT2D eigenvalue weighted by Gasteiger charge is 2.40. The fourth-order valence-electron chi connectivity index (χ4n) is 4.01. The molecule has 6 nitrogen and oxygen atoms in total. The topological polar surface area (TPSA) is 61.4 Å². The highest BCUT2D eigenvalue weighted by atomic mass is 32.1. The third-order valence-electron chi connectivity index (χ3n) is 5.46. The number of rotatable bonds is 1. The molecular weight excluding hydrogens is 413 g/mol. The number of thiazole rings is 1. The Kier molecular flexibility index (Phi) is 7.92. The maximum atomic E-state index is 13.7. The Bertz CT molecular complexity index is 1020.